The number of hydrogen-bond donors (Lipinski definition) is 1. The molecular weight excluding hydrogens is 231 g/mol. The third-order valence-corrected chi connectivity index (χ3v) is 2.28. The van der Waals surface area contributed by atoms with Gasteiger partial charge in [-0.05, 0) is 12.1 Å². The Bertz CT molecular complexity index is 428. The Morgan fingerprint density at radius 1 is 1.20 bits per heavy atom. The molecule has 6 heteroatoms. The average Bonchev–Trinajstić information content (AvgIpc) is 2.16. The van der Waals surface area contributed by atoms with E-state index in [1.807, 2.05) is 0 Å². The topological polar surface area (TPSA) is 21.3 Å². The molecule has 80 valence electrons. The second-order valence-electron chi connectivity index (χ2n) is 2.89. The third kappa shape index (κ3) is 1.74. The minimum Gasteiger partial charge on any atom is -0.381 e. The number of para-hydroxylation sites is 1. The van der Waals surface area contributed by atoms with E-state index in [0.717, 1.165) is 0 Å². The molecular formula is C9H5ClF3NO. The highest BCUT2D eigenvalue weighted by Crippen LogP contribution is 2.39. The van der Waals surface area contributed by atoms with E-state index in [2.05, 4.69) is 0 Å². The lowest BCUT2D eigenvalue weighted by Crippen LogP contribution is -2.32. The van der Waals surface area contributed by atoms with Gasteiger partial charge in [-0.25, -0.2) is 5.48 Å². The van der Waals surface area contributed by atoms with E-state index in [0.29, 0.717) is 0 Å². The lowest BCUT2D eigenvalue weighted by atomic mass is 10.1. The Morgan fingerprint density at radius 3 is 2.53 bits per heavy atom. The van der Waals surface area contributed by atoms with Crippen LogP contribution in [0.2, 0.25) is 0 Å². The molecule has 1 N–H and O–H groups in total. The number of benzene rings is 1. The van der Waals surface area contributed by atoms with E-state index >= 15 is 0 Å². The standard InChI is InChI=1S/C9H5ClF3NO/c10-7-5-3-1-2-4-6(5)15-14-8(7)9(11,12)13/h1-4,14H. The fourth-order valence-corrected chi connectivity index (χ4v) is 1.51. The summed E-state index contributed by atoms with van der Waals surface area (Å²) < 4.78 is 37.2. The molecule has 15 heavy (non-hydrogen) atoms. The van der Waals surface area contributed by atoms with Gasteiger partial charge in [-0.2, -0.15) is 13.2 Å². The first-order chi connectivity index (χ1) is 7.00. The molecule has 1 aliphatic heterocycles. The van der Waals surface area contributed by atoms with Crippen LogP contribution in [0.1, 0.15) is 5.56 Å². The number of allylic oxidation sites excluding steroid dienone is 1. The molecule has 0 saturated heterocycles. The summed E-state index contributed by atoms with van der Waals surface area (Å²) in [6, 6.07) is 6.22. The number of rotatable bonds is 0. The van der Waals surface area contributed by atoms with E-state index in [-0.39, 0.29) is 16.3 Å². The molecule has 1 heterocycles. The van der Waals surface area contributed by atoms with E-state index < -0.39 is 11.9 Å². The summed E-state index contributed by atoms with van der Waals surface area (Å²) >= 11 is 5.61. The monoisotopic (exact) mass is 235 g/mol. The number of nitrogens with one attached hydrogen (secondary N) is 1. The summed E-state index contributed by atoms with van der Waals surface area (Å²) in [5.41, 5.74) is 0.934. The number of hydrogen-bond acceptors (Lipinski definition) is 2. The summed E-state index contributed by atoms with van der Waals surface area (Å²) in [6.45, 7) is 0. The van der Waals surface area contributed by atoms with Crippen LogP contribution in [0.4, 0.5) is 13.2 Å². The fourth-order valence-electron chi connectivity index (χ4n) is 1.20. The number of alkyl halides is 3. The first-order valence-electron chi connectivity index (χ1n) is 3.99. The second kappa shape index (κ2) is 3.34. The predicted octanol–water partition coefficient (Wildman–Crippen LogP) is 3.05. The summed E-state index contributed by atoms with van der Waals surface area (Å²) in [5.74, 6) is 0.274. The first kappa shape index (κ1) is 10.2. The van der Waals surface area contributed by atoms with Crippen LogP contribution in [0.5, 0.6) is 5.75 Å². The molecule has 0 bridgehead atoms. The molecule has 1 aliphatic rings. The highest BCUT2D eigenvalue weighted by atomic mass is 35.5. The second-order valence-corrected chi connectivity index (χ2v) is 3.26. The predicted molar refractivity (Wildman–Crippen MR) is 49.0 cm³/mol. The third-order valence-electron chi connectivity index (χ3n) is 1.89. The summed E-state index contributed by atoms with van der Waals surface area (Å²) in [5, 5.41) is -0.385. The molecule has 0 unspecified atom stereocenters. The summed E-state index contributed by atoms with van der Waals surface area (Å²) in [7, 11) is 0. The zero-order chi connectivity index (χ0) is 11.1. The van der Waals surface area contributed by atoms with Gasteiger partial charge in [-0.1, -0.05) is 23.7 Å². The van der Waals surface area contributed by atoms with Crippen LogP contribution in [0.15, 0.2) is 30.0 Å². The Hall–Kier alpha value is -1.36. The summed E-state index contributed by atoms with van der Waals surface area (Å²) in [4.78, 5) is 4.72. The van der Waals surface area contributed by atoms with E-state index in [9.17, 15) is 13.2 Å². The van der Waals surface area contributed by atoms with Gasteiger partial charge >= 0.3 is 6.18 Å². The minimum absolute atomic E-state index is 0.227. The molecule has 1 aromatic rings. The van der Waals surface area contributed by atoms with Gasteiger partial charge in [-0.3, -0.25) is 0 Å². The zero-order valence-corrected chi connectivity index (χ0v) is 7.99. The van der Waals surface area contributed by atoms with Crippen LogP contribution in [0, 0.1) is 0 Å². The summed E-state index contributed by atoms with van der Waals surface area (Å²) in [6.07, 6.45) is -4.55. The van der Waals surface area contributed by atoms with Crippen molar-refractivity contribution in [3.8, 4) is 5.75 Å². The largest absolute Gasteiger partial charge is 0.435 e. The quantitative estimate of drug-likeness (QED) is 0.746. The molecule has 0 atom stereocenters. The van der Waals surface area contributed by atoms with Crippen LogP contribution in [-0.4, -0.2) is 6.18 Å². The van der Waals surface area contributed by atoms with Gasteiger partial charge in [0.15, 0.2) is 11.4 Å². The number of hydroxylamine groups is 1. The van der Waals surface area contributed by atoms with Crippen LogP contribution in [-0.2, 0) is 0 Å². The Balaban J connectivity index is 2.54. The number of fused-ring (bicyclic) bond motifs is 1. The molecule has 0 aliphatic carbocycles. The Labute approximate surface area is 88.2 Å². The minimum atomic E-state index is -4.55. The lowest BCUT2D eigenvalue weighted by Gasteiger charge is -2.22. The molecule has 1 aromatic carbocycles. The van der Waals surface area contributed by atoms with Crippen molar-refractivity contribution >= 4 is 16.6 Å². The van der Waals surface area contributed by atoms with Crippen molar-refractivity contribution in [2.45, 2.75) is 6.18 Å². The average molecular weight is 236 g/mol. The molecule has 0 aromatic heterocycles. The maximum Gasteiger partial charge on any atom is 0.435 e. The highest BCUT2D eigenvalue weighted by Gasteiger charge is 2.39. The van der Waals surface area contributed by atoms with E-state index in [4.69, 9.17) is 16.4 Å². The Morgan fingerprint density at radius 2 is 1.87 bits per heavy atom. The normalized spacial score (nSPS) is 15.5. The fraction of sp³-hybridized carbons (Fsp3) is 0.111. The van der Waals surface area contributed by atoms with Gasteiger partial charge in [0.05, 0.1) is 5.03 Å². The van der Waals surface area contributed by atoms with E-state index in [1.165, 1.54) is 12.1 Å². The molecule has 0 amide bonds. The van der Waals surface area contributed by atoms with Gasteiger partial charge in [0.25, 0.3) is 0 Å². The van der Waals surface area contributed by atoms with Crippen LogP contribution < -0.4 is 10.3 Å². The van der Waals surface area contributed by atoms with Gasteiger partial charge in [0, 0.05) is 5.56 Å². The first-order valence-corrected chi connectivity index (χ1v) is 4.37. The maximum atomic E-state index is 12.4. The van der Waals surface area contributed by atoms with E-state index in [1.54, 1.807) is 17.6 Å². The maximum absolute atomic E-state index is 12.4. The molecule has 0 spiro atoms. The van der Waals surface area contributed by atoms with Crippen LogP contribution >= 0.6 is 11.6 Å². The van der Waals surface area contributed by atoms with Crippen molar-refractivity contribution in [2.75, 3.05) is 0 Å². The van der Waals surface area contributed by atoms with Crippen molar-refractivity contribution in [1.82, 2.24) is 5.48 Å². The molecule has 2 rings (SSSR count). The van der Waals surface area contributed by atoms with Crippen LogP contribution in [0.3, 0.4) is 0 Å². The smallest absolute Gasteiger partial charge is 0.381 e. The van der Waals surface area contributed by atoms with Crippen molar-refractivity contribution in [1.29, 1.82) is 0 Å². The van der Waals surface area contributed by atoms with Crippen molar-refractivity contribution < 1.29 is 18.0 Å². The lowest BCUT2D eigenvalue weighted by molar-refractivity contribution is -0.106. The Kier molecular flexibility index (Phi) is 2.26. The van der Waals surface area contributed by atoms with Crippen molar-refractivity contribution in [3.05, 3.63) is 35.5 Å². The van der Waals surface area contributed by atoms with Crippen LogP contribution in [0.25, 0.3) is 5.03 Å². The highest BCUT2D eigenvalue weighted by molar-refractivity contribution is 6.49. The van der Waals surface area contributed by atoms with Gasteiger partial charge in [-0.15, -0.1) is 0 Å². The molecule has 0 saturated carbocycles. The van der Waals surface area contributed by atoms with Gasteiger partial charge in [0.1, 0.15) is 0 Å². The van der Waals surface area contributed by atoms with Gasteiger partial charge < -0.3 is 4.84 Å². The zero-order valence-electron chi connectivity index (χ0n) is 7.23. The van der Waals surface area contributed by atoms with Gasteiger partial charge in [0.2, 0.25) is 0 Å². The van der Waals surface area contributed by atoms with Crippen molar-refractivity contribution in [2.24, 2.45) is 0 Å². The molecule has 0 fully saturated rings. The molecule has 0 radical (unpaired) electrons. The molecule has 2 nitrogen and oxygen atoms in total. The number of halogens is 4. The SMILES string of the molecule is FC(F)(F)C1=C(Cl)c2ccccc2ON1. The van der Waals surface area contributed by atoms with Crippen molar-refractivity contribution in [3.63, 3.8) is 0 Å².